The summed E-state index contributed by atoms with van der Waals surface area (Å²) >= 11 is 0. The normalized spacial score (nSPS) is 30.5. The summed E-state index contributed by atoms with van der Waals surface area (Å²) in [4.78, 5) is 13.9. The fourth-order valence-electron chi connectivity index (χ4n) is 3.04. The summed E-state index contributed by atoms with van der Waals surface area (Å²) < 4.78 is 11.1. The van der Waals surface area contributed by atoms with Gasteiger partial charge >= 0.3 is 6.09 Å². The van der Waals surface area contributed by atoms with E-state index in [1.54, 1.807) is 0 Å². The Morgan fingerprint density at radius 2 is 2.10 bits per heavy atom. The van der Waals surface area contributed by atoms with Crippen molar-refractivity contribution in [3.63, 3.8) is 0 Å². The number of hydrogen-bond donors (Lipinski definition) is 1. The number of carbonyl (C=O) groups is 1. The van der Waals surface area contributed by atoms with Crippen LogP contribution in [0, 0.1) is 0 Å². The minimum absolute atomic E-state index is 0.190. The largest absolute Gasteiger partial charge is 0.444 e. The molecule has 0 radical (unpaired) electrons. The van der Waals surface area contributed by atoms with Crippen molar-refractivity contribution >= 4 is 6.09 Å². The molecular formula is C16H30N2O3. The summed E-state index contributed by atoms with van der Waals surface area (Å²) in [6, 6.07) is 0.908. The molecule has 122 valence electrons. The highest BCUT2D eigenvalue weighted by molar-refractivity contribution is 5.68. The predicted molar refractivity (Wildman–Crippen MR) is 82.4 cm³/mol. The standard InChI is InChI=1S/C16H30N2O3/c1-5-14-10-12(7-9-20-14)17-13-6-8-18(11-13)15(19)21-16(2,3)4/h12-14,17H,5-11H2,1-4H3. The molecule has 0 aliphatic carbocycles. The number of amides is 1. The summed E-state index contributed by atoms with van der Waals surface area (Å²) in [5.41, 5.74) is -0.419. The third-order valence-electron chi connectivity index (χ3n) is 4.13. The van der Waals surface area contributed by atoms with Gasteiger partial charge in [0.2, 0.25) is 0 Å². The summed E-state index contributed by atoms with van der Waals surface area (Å²) in [5, 5.41) is 3.70. The summed E-state index contributed by atoms with van der Waals surface area (Å²) in [7, 11) is 0. The molecule has 0 aromatic heterocycles. The van der Waals surface area contributed by atoms with Crippen LogP contribution in [0.15, 0.2) is 0 Å². The molecule has 0 bridgehead atoms. The van der Waals surface area contributed by atoms with Gasteiger partial charge in [-0.1, -0.05) is 6.92 Å². The van der Waals surface area contributed by atoms with E-state index in [1.807, 2.05) is 25.7 Å². The zero-order chi connectivity index (χ0) is 15.5. The van der Waals surface area contributed by atoms with E-state index in [0.29, 0.717) is 18.2 Å². The third kappa shape index (κ3) is 5.15. The molecule has 1 N–H and O–H groups in total. The molecular weight excluding hydrogens is 268 g/mol. The first kappa shape index (κ1) is 16.6. The van der Waals surface area contributed by atoms with E-state index in [0.717, 1.165) is 45.4 Å². The molecule has 0 saturated carbocycles. The second-order valence-corrected chi connectivity index (χ2v) is 7.20. The van der Waals surface area contributed by atoms with E-state index in [4.69, 9.17) is 9.47 Å². The third-order valence-corrected chi connectivity index (χ3v) is 4.13. The first-order valence-corrected chi connectivity index (χ1v) is 8.23. The highest BCUT2D eigenvalue weighted by Gasteiger charge is 2.31. The lowest BCUT2D eigenvalue weighted by Gasteiger charge is -2.31. The molecule has 2 heterocycles. The predicted octanol–water partition coefficient (Wildman–Crippen LogP) is 2.54. The smallest absolute Gasteiger partial charge is 0.410 e. The Morgan fingerprint density at radius 1 is 1.33 bits per heavy atom. The average Bonchev–Trinajstić information content (AvgIpc) is 2.85. The van der Waals surface area contributed by atoms with Crippen LogP contribution in [0.1, 0.15) is 53.4 Å². The van der Waals surface area contributed by atoms with Gasteiger partial charge < -0.3 is 19.7 Å². The van der Waals surface area contributed by atoms with Crippen molar-refractivity contribution in [1.82, 2.24) is 10.2 Å². The first-order chi connectivity index (χ1) is 9.87. The molecule has 0 aromatic rings. The van der Waals surface area contributed by atoms with E-state index in [-0.39, 0.29) is 6.09 Å². The number of likely N-dealkylation sites (tertiary alicyclic amines) is 1. The van der Waals surface area contributed by atoms with Crippen LogP contribution in [-0.4, -0.2) is 54.5 Å². The van der Waals surface area contributed by atoms with Gasteiger partial charge in [0.05, 0.1) is 6.10 Å². The van der Waals surface area contributed by atoms with Gasteiger partial charge in [0, 0.05) is 31.8 Å². The number of hydrogen-bond acceptors (Lipinski definition) is 4. The molecule has 2 fully saturated rings. The number of nitrogens with zero attached hydrogens (tertiary/aromatic N) is 1. The van der Waals surface area contributed by atoms with E-state index >= 15 is 0 Å². The van der Waals surface area contributed by atoms with Gasteiger partial charge in [0.25, 0.3) is 0 Å². The van der Waals surface area contributed by atoms with Gasteiger partial charge in [0.1, 0.15) is 5.60 Å². The number of carbonyl (C=O) groups excluding carboxylic acids is 1. The van der Waals surface area contributed by atoms with Crippen LogP contribution >= 0.6 is 0 Å². The molecule has 21 heavy (non-hydrogen) atoms. The monoisotopic (exact) mass is 298 g/mol. The summed E-state index contributed by atoms with van der Waals surface area (Å²) in [5.74, 6) is 0. The Balaban J connectivity index is 1.76. The van der Waals surface area contributed by atoms with Crippen LogP contribution in [-0.2, 0) is 9.47 Å². The first-order valence-electron chi connectivity index (χ1n) is 8.23. The topological polar surface area (TPSA) is 50.8 Å². The molecule has 1 amide bonds. The molecule has 5 heteroatoms. The molecule has 3 atom stereocenters. The van der Waals surface area contributed by atoms with E-state index in [2.05, 4.69) is 12.2 Å². The van der Waals surface area contributed by atoms with Crippen molar-refractivity contribution in [2.24, 2.45) is 0 Å². The number of rotatable bonds is 3. The SMILES string of the molecule is CCC1CC(NC2CCN(C(=O)OC(C)(C)C)C2)CCO1. The van der Waals surface area contributed by atoms with Gasteiger partial charge in [-0.3, -0.25) is 0 Å². The Bertz CT molecular complexity index is 354. The number of nitrogens with one attached hydrogen (secondary N) is 1. The van der Waals surface area contributed by atoms with E-state index in [1.165, 1.54) is 0 Å². The molecule has 2 aliphatic rings. The zero-order valence-electron chi connectivity index (χ0n) is 13.9. The van der Waals surface area contributed by atoms with Crippen molar-refractivity contribution in [3.05, 3.63) is 0 Å². The van der Waals surface area contributed by atoms with Gasteiger partial charge in [-0.05, 0) is 46.5 Å². The van der Waals surface area contributed by atoms with Crippen LogP contribution < -0.4 is 5.32 Å². The Hall–Kier alpha value is -0.810. The quantitative estimate of drug-likeness (QED) is 0.870. The van der Waals surface area contributed by atoms with Crippen LogP contribution in [0.25, 0.3) is 0 Å². The van der Waals surface area contributed by atoms with E-state index in [9.17, 15) is 4.79 Å². The van der Waals surface area contributed by atoms with Crippen LogP contribution in [0.5, 0.6) is 0 Å². The molecule has 2 saturated heterocycles. The lowest BCUT2D eigenvalue weighted by atomic mass is 10.0. The van der Waals surface area contributed by atoms with Crippen molar-refractivity contribution in [2.45, 2.75) is 77.2 Å². The molecule has 0 spiro atoms. The fraction of sp³-hybridized carbons (Fsp3) is 0.938. The maximum absolute atomic E-state index is 12.1. The van der Waals surface area contributed by atoms with Gasteiger partial charge in [-0.25, -0.2) is 4.79 Å². The van der Waals surface area contributed by atoms with Crippen molar-refractivity contribution < 1.29 is 14.3 Å². The molecule has 2 rings (SSSR count). The minimum atomic E-state index is -0.419. The molecule has 3 unspecified atom stereocenters. The van der Waals surface area contributed by atoms with Crippen molar-refractivity contribution in [1.29, 1.82) is 0 Å². The van der Waals surface area contributed by atoms with E-state index < -0.39 is 5.60 Å². The Kier molecular flexibility index (Phi) is 5.49. The summed E-state index contributed by atoms with van der Waals surface area (Å²) in [6.07, 6.45) is 4.43. The van der Waals surface area contributed by atoms with Gasteiger partial charge in [-0.2, -0.15) is 0 Å². The minimum Gasteiger partial charge on any atom is -0.444 e. The van der Waals surface area contributed by atoms with Crippen molar-refractivity contribution in [2.75, 3.05) is 19.7 Å². The summed E-state index contributed by atoms with van der Waals surface area (Å²) in [6.45, 7) is 10.3. The second-order valence-electron chi connectivity index (χ2n) is 7.20. The van der Waals surface area contributed by atoms with Crippen LogP contribution in [0.4, 0.5) is 4.79 Å². The highest BCUT2D eigenvalue weighted by atomic mass is 16.6. The van der Waals surface area contributed by atoms with Crippen LogP contribution in [0.2, 0.25) is 0 Å². The van der Waals surface area contributed by atoms with Gasteiger partial charge in [-0.15, -0.1) is 0 Å². The van der Waals surface area contributed by atoms with Crippen molar-refractivity contribution in [3.8, 4) is 0 Å². The second kappa shape index (κ2) is 6.97. The lowest BCUT2D eigenvalue weighted by Crippen LogP contribution is -2.45. The zero-order valence-corrected chi connectivity index (χ0v) is 13.9. The molecule has 2 aliphatic heterocycles. The Labute approximate surface area is 128 Å². The maximum Gasteiger partial charge on any atom is 0.410 e. The molecule has 5 nitrogen and oxygen atoms in total. The highest BCUT2D eigenvalue weighted by Crippen LogP contribution is 2.20. The number of ether oxygens (including phenoxy) is 2. The average molecular weight is 298 g/mol. The maximum atomic E-state index is 12.1. The molecule has 0 aromatic carbocycles. The Morgan fingerprint density at radius 3 is 2.76 bits per heavy atom. The lowest BCUT2D eigenvalue weighted by molar-refractivity contribution is -0.00208. The fourth-order valence-corrected chi connectivity index (χ4v) is 3.04. The van der Waals surface area contributed by atoms with Crippen LogP contribution in [0.3, 0.4) is 0 Å². The van der Waals surface area contributed by atoms with Gasteiger partial charge in [0.15, 0.2) is 0 Å².